The molecule has 16 heavy (non-hydrogen) atoms. The van der Waals surface area contributed by atoms with E-state index in [0.29, 0.717) is 23.1 Å². The van der Waals surface area contributed by atoms with Crippen LogP contribution in [0.15, 0.2) is 18.3 Å². The van der Waals surface area contributed by atoms with Gasteiger partial charge >= 0.3 is 5.97 Å². The fraction of sp³-hybridized carbons (Fsp3) is 0.273. The van der Waals surface area contributed by atoms with Crippen LogP contribution in [0.2, 0.25) is 5.15 Å². The summed E-state index contributed by atoms with van der Waals surface area (Å²) >= 11 is 6.13. The zero-order valence-corrected chi connectivity index (χ0v) is 9.78. The summed E-state index contributed by atoms with van der Waals surface area (Å²) in [6, 6.07) is 3.67. The zero-order chi connectivity index (χ0) is 11.7. The van der Waals surface area contributed by atoms with Crippen molar-refractivity contribution in [3.8, 4) is 0 Å². The predicted octanol–water partition coefficient (Wildman–Crippen LogP) is 2.47. The summed E-state index contributed by atoms with van der Waals surface area (Å²) in [6.07, 6.45) is 1.47. The summed E-state index contributed by atoms with van der Waals surface area (Å²) in [5.41, 5.74) is 1.88. The lowest BCUT2D eigenvalue weighted by atomic mass is 10.3. The van der Waals surface area contributed by atoms with Crippen LogP contribution in [0.3, 0.4) is 0 Å². The van der Waals surface area contributed by atoms with Crippen LogP contribution in [0, 0.1) is 6.92 Å². The average Bonchev–Trinajstić information content (AvgIpc) is 2.68. The maximum Gasteiger partial charge on any atom is 0.357 e. The van der Waals surface area contributed by atoms with Crippen molar-refractivity contribution >= 4 is 23.2 Å². The molecule has 0 amide bonds. The summed E-state index contributed by atoms with van der Waals surface area (Å²) in [7, 11) is 0. The number of rotatable bonds is 2. The van der Waals surface area contributed by atoms with Gasteiger partial charge < -0.3 is 4.74 Å². The number of fused-ring (bicyclic) bond motifs is 1. The molecule has 0 aliphatic carbocycles. The van der Waals surface area contributed by atoms with E-state index < -0.39 is 5.97 Å². The number of halogens is 1. The van der Waals surface area contributed by atoms with Gasteiger partial charge in [-0.15, -0.1) is 0 Å². The van der Waals surface area contributed by atoms with Crippen molar-refractivity contribution in [1.82, 2.24) is 9.38 Å². The van der Waals surface area contributed by atoms with Crippen molar-refractivity contribution in [2.24, 2.45) is 0 Å². The maximum absolute atomic E-state index is 11.6. The van der Waals surface area contributed by atoms with Crippen LogP contribution in [0.4, 0.5) is 0 Å². The van der Waals surface area contributed by atoms with Crippen molar-refractivity contribution < 1.29 is 9.53 Å². The number of carbonyl (C=O) groups excluding carboxylic acids is 1. The molecule has 0 aliphatic heterocycles. The Balaban J connectivity index is 2.63. The molecule has 0 aromatic carbocycles. The molecule has 0 saturated heterocycles. The highest BCUT2D eigenvalue weighted by Gasteiger charge is 2.15. The fourth-order valence-electron chi connectivity index (χ4n) is 1.48. The zero-order valence-electron chi connectivity index (χ0n) is 9.03. The molecular formula is C11H11ClN2O2. The monoisotopic (exact) mass is 238 g/mol. The lowest BCUT2D eigenvalue weighted by Crippen LogP contribution is -2.08. The first-order valence-corrected chi connectivity index (χ1v) is 5.32. The van der Waals surface area contributed by atoms with Gasteiger partial charge in [0.15, 0.2) is 5.69 Å². The summed E-state index contributed by atoms with van der Waals surface area (Å²) in [5.74, 6) is -0.414. The third-order valence-corrected chi connectivity index (χ3v) is 2.74. The fourth-order valence-corrected chi connectivity index (χ4v) is 1.72. The van der Waals surface area contributed by atoms with Gasteiger partial charge in [0, 0.05) is 0 Å². The van der Waals surface area contributed by atoms with E-state index in [1.54, 1.807) is 11.3 Å². The second-order valence-electron chi connectivity index (χ2n) is 3.36. The predicted molar refractivity (Wildman–Crippen MR) is 60.9 cm³/mol. The molecule has 2 aromatic rings. The van der Waals surface area contributed by atoms with Gasteiger partial charge in [0.25, 0.3) is 0 Å². The molecule has 4 nitrogen and oxygen atoms in total. The van der Waals surface area contributed by atoms with Gasteiger partial charge in [0.1, 0.15) is 10.8 Å². The first kappa shape index (κ1) is 11.0. The van der Waals surface area contributed by atoms with E-state index in [1.807, 2.05) is 19.1 Å². The van der Waals surface area contributed by atoms with Crippen LogP contribution in [0.1, 0.15) is 23.0 Å². The minimum atomic E-state index is -0.414. The molecule has 0 saturated carbocycles. The van der Waals surface area contributed by atoms with Gasteiger partial charge in [0.2, 0.25) is 0 Å². The van der Waals surface area contributed by atoms with Crippen LogP contribution in [0.25, 0.3) is 5.65 Å². The Hall–Kier alpha value is -1.55. The van der Waals surface area contributed by atoms with E-state index >= 15 is 0 Å². The molecule has 2 heterocycles. The average molecular weight is 239 g/mol. The molecule has 2 rings (SSSR count). The SMILES string of the molecule is CCOC(=O)c1cnc2ccc(C)c(Cl)n12. The highest BCUT2D eigenvalue weighted by atomic mass is 35.5. The minimum Gasteiger partial charge on any atom is -0.461 e. The third kappa shape index (κ3) is 1.65. The molecule has 0 unspecified atom stereocenters. The first-order valence-electron chi connectivity index (χ1n) is 4.94. The maximum atomic E-state index is 11.6. The van der Waals surface area contributed by atoms with E-state index in [1.165, 1.54) is 6.20 Å². The highest BCUT2D eigenvalue weighted by molar-refractivity contribution is 6.30. The molecule has 84 valence electrons. The van der Waals surface area contributed by atoms with Crippen LogP contribution in [-0.4, -0.2) is 22.0 Å². The van der Waals surface area contributed by atoms with Crippen molar-refractivity contribution in [2.45, 2.75) is 13.8 Å². The molecule has 0 fully saturated rings. The largest absolute Gasteiger partial charge is 0.461 e. The van der Waals surface area contributed by atoms with Crippen LogP contribution >= 0.6 is 11.6 Å². The molecule has 0 radical (unpaired) electrons. The van der Waals surface area contributed by atoms with Crippen molar-refractivity contribution in [3.63, 3.8) is 0 Å². The number of imidazole rings is 1. The van der Waals surface area contributed by atoms with Crippen molar-refractivity contribution in [2.75, 3.05) is 6.61 Å². The second kappa shape index (κ2) is 4.14. The normalized spacial score (nSPS) is 10.7. The van der Waals surface area contributed by atoms with E-state index in [0.717, 1.165) is 5.56 Å². The van der Waals surface area contributed by atoms with Crippen LogP contribution < -0.4 is 0 Å². The summed E-state index contributed by atoms with van der Waals surface area (Å²) < 4.78 is 6.52. The Morgan fingerprint density at radius 3 is 3.00 bits per heavy atom. The number of hydrogen-bond donors (Lipinski definition) is 0. The quantitative estimate of drug-likeness (QED) is 0.596. The third-order valence-electron chi connectivity index (χ3n) is 2.28. The molecule has 0 atom stereocenters. The Labute approximate surface area is 97.8 Å². The van der Waals surface area contributed by atoms with E-state index in [2.05, 4.69) is 4.98 Å². The summed E-state index contributed by atoms with van der Waals surface area (Å²) in [6.45, 7) is 3.96. The summed E-state index contributed by atoms with van der Waals surface area (Å²) in [5, 5.41) is 0.484. The highest BCUT2D eigenvalue weighted by Crippen LogP contribution is 2.20. The number of pyridine rings is 1. The van der Waals surface area contributed by atoms with E-state index in [4.69, 9.17) is 16.3 Å². The van der Waals surface area contributed by atoms with Crippen LogP contribution in [-0.2, 0) is 4.74 Å². The number of carbonyl (C=O) groups is 1. The van der Waals surface area contributed by atoms with Gasteiger partial charge in [-0.05, 0) is 25.5 Å². The Morgan fingerprint density at radius 2 is 2.31 bits per heavy atom. The molecule has 0 aliphatic rings. The van der Waals surface area contributed by atoms with Gasteiger partial charge in [-0.2, -0.15) is 0 Å². The van der Waals surface area contributed by atoms with Gasteiger partial charge in [-0.25, -0.2) is 9.78 Å². The van der Waals surface area contributed by atoms with Gasteiger partial charge in [-0.1, -0.05) is 17.7 Å². The number of hydrogen-bond acceptors (Lipinski definition) is 3. The number of ether oxygens (including phenoxy) is 1. The number of aromatic nitrogens is 2. The van der Waals surface area contributed by atoms with Crippen LogP contribution in [0.5, 0.6) is 0 Å². The number of esters is 1. The lowest BCUT2D eigenvalue weighted by Gasteiger charge is -2.05. The van der Waals surface area contributed by atoms with E-state index in [9.17, 15) is 4.79 Å². The van der Waals surface area contributed by atoms with Gasteiger partial charge in [0.05, 0.1) is 12.8 Å². The minimum absolute atomic E-state index is 0.329. The molecule has 5 heteroatoms. The van der Waals surface area contributed by atoms with Gasteiger partial charge in [-0.3, -0.25) is 4.40 Å². The second-order valence-corrected chi connectivity index (χ2v) is 3.72. The van der Waals surface area contributed by atoms with E-state index in [-0.39, 0.29) is 0 Å². The first-order chi connectivity index (χ1) is 7.65. The lowest BCUT2D eigenvalue weighted by molar-refractivity contribution is 0.0518. The smallest absolute Gasteiger partial charge is 0.357 e. The molecule has 2 aromatic heterocycles. The Morgan fingerprint density at radius 1 is 1.56 bits per heavy atom. The standard InChI is InChI=1S/C11H11ClN2O2/c1-3-16-11(15)8-6-13-9-5-4-7(2)10(12)14(8)9/h4-6H,3H2,1-2H3. The van der Waals surface area contributed by atoms with Crippen molar-refractivity contribution in [3.05, 3.63) is 34.7 Å². The topological polar surface area (TPSA) is 43.6 Å². The molecule has 0 bridgehead atoms. The number of nitrogens with zero attached hydrogens (tertiary/aromatic N) is 2. The molecular weight excluding hydrogens is 228 g/mol. The molecule has 0 spiro atoms. The van der Waals surface area contributed by atoms with Crippen molar-refractivity contribution in [1.29, 1.82) is 0 Å². The Kier molecular flexibility index (Phi) is 2.83. The number of aryl methyl sites for hydroxylation is 1. The molecule has 0 N–H and O–H groups in total. The Bertz CT molecular complexity index is 548. The summed E-state index contributed by atoms with van der Waals surface area (Å²) in [4.78, 5) is 15.7.